The first-order chi connectivity index (χ1) is 13.5. The highest BCUT2D eigenvalue weighted by molar-refractivity contribution is 5.94. The van der Waals surface area contributed by atoms with E-state index in [4.69, 9.17) is 0 Å². The molecule has 2 N–H and O–H groups in total. The van der Waals surface area contributed by atoms with Crippen LogP contribution in [0, 0.1) is 5.82 Å². The second-order valence-electron chi connectivity index (χ2n) is 7.26. The average Bonchev–Trinajstić information content (AvgIpc) is 2.72. The molecule has 0 radical (unpaired) electrons. The Balaban J connectivity index is 1.34. The molecule has 2 heterocycles. The first-order valence-corrected chi connectivity index (χ1v) is 9.90. The van der Waals surface area contributed by atoms with Gasteiger partial charge in [0.1, 0.15) is 5.82 Å². The Labute approximate surface area is 164 Å². The average molecular weight is 390 g/mol. The Morgan fingerprint density at radius 2 is 1.86 bits per heavy atom. The maximum Gasteiger partial charge on any atom is 0.317 e. The van der Waals surface area contributed by atoms with Crippen LogP contribution in [0.25, 0.3) is 0 Å². The van der Waals surface area contributed by atoms with Crippen molar-refractivity contribution in [2.75, 3.05) is 32.7 Å². The first-order valence-electron chi connectivity index (χ1n) is 9.90. The Morgan fingerprint density at radius 3 is 2.54 bits per heavy atom. The van der Waals surface area contributed by atoms with Crippen LogP contribution in [0.1, 0.15) is 42.5 Å². The standard InChI is InChI=1S/C20H27FN4O3/c21-16-6-4-15(5-7-16)19(27)22-10-1-3-18(26)24-13-8-17(9-14-24)25-12-2-11-23-20(25)28/h4-7,17H,1-3,8-14H2,(H,22,27)(H,23,28). The maximum absolute atomic E-state index is 12.9. The van der Waals surface area contributed by atoms with Gasteiger partial charge in [0.2, 0.25) is 5.91 Å². The Hall–Kier alpha value is -2.64. The van der Waals surface area contributed by atoms with E-state index < -0.39 is 0 Å². The number of hydrogen-bond acceptors (Lipinski definition) is 3. The Morgan fingerprint density at radius 1 is 1.14 bits per heavy atom. The largest absolute Gasteiger partial charge is 0.352 e. The lowest BCUT2D eigenvalue weighted by Gasteiger charge is -2.40. The molecular weight excluding hydrogens is 363 g/mol. The number of nitrogens with zero attached hydrogens (tertiary/aromatic N) is 2. The number of rotatable bonds is 6. The molecule has 28 heavy (non-hydrogen) atoms. The van der Waals surface area contributed by atoms with Crippen LogP contribution in [0.5, 0.6) is 0 Å². The van der Waals surface area contributed by atoms with E-state index >= 15 is 0 Å². The highest BCUT2D eigenvalue weighted by atomic mass is 19.1. The number of benzene rings is 1. The van der Waals surface area contributed by atoms with Crippen molar-refractivity contribution in [2.45, 2.75) is 38.1 Å². The molecule has 2 aliphatic rings. The molecule has 7 nitrogen and oxygen atoms in total. The van der Waals surface area contributed by atoms with E-state index in [0.29, 0.717) is 38.0 Å². The molecule has 0 aliphatic carbocycles. The SMILES string of the molecule is O=C(NCCCC(=O)N1CCC(N2CCCNC2=O)CC1)c1ccc(F)cc1. The number of nitrogens with one attached hydrogen (secondary N) is 2. The number of halogens is 1. The van der Waals surface area contributed by atoms with Gasteiger partial charge in [-0.05, 0) is 49.9 Å². The van der Waals surface area contributed by atoms with E-state index in [1.807, 2.05) is 9.80 Å². The van der Waals surface area contributed by atoms with Crippen LogP contribution < -0.4 is 10.6 Å². The Bertz CT molecular complexity index is 702. The van der Waals surface area contributed by atoms with Crippen molar-refractivity contribution in [2.24, 2.45) is 0 Å². The molecule has 0 unspecified atom stereocenters. The fourth-order valence-electron chi connectivity index (χ4n) is 3.73. The minimum atomic E-state index is -0.383. The number of hydrogen-bond donors (Lipinski definition) is 2. The first kappa shape index (κ1) is 20.1. The molecule has 2 fully saturated rings. The molecule has 1 aromatic carbocycles. The number of likely N-dealkylation sites (tertiary alicyclic amines) is 1. The second-order valence-corrected chi connectivity index (χ2v) is 7.26. The van der Waals surface area contributed by atoms with Crippen LogP contribution in [-0.2, 0) is 4.79 Å². The molecule has 152 valence electrons. The van der Waals surface area contributed by atoms with Crippen molar-refractivity contribution >= 4 is 17.8 Å². The molecule has 0 aromatic heterocycles. The summed E-state index contributed by atoms with van der Waals surface area (Å²) in [5, 5.41) is 5.62. The molecule has 2 saturated heterocycles. The molecule has 0 spiro atoms. The third-order valence-corrected chi connectivity index (χ3v) is 5.33. The lowest BCUT2D eigenvalue weighted by molar-refractivity contribution is -0.132. The number of piperidine rings is 1. The van der Waals surface area contributed by atoms with E-state index in [2.05, 4.69) is 10.6 Å². The third kappa shape index (κ3) is 5.21. The van der Waals surface area contributed by atoms with E-state index in [0.717, 1.165) is 32.4 Å². The zero-order valence-corrected chi connectivity index (χ0v) is 16.0. The summed E-state index contributed by atoms with van der Waals surface area (Å²) < 4.78 is 12.9. The monoisotopic (exact) mass is 390 g/mol. The van der Waals surface area contributed by atoms with Gasteiger partial charge < -0.3 is 20.4 Å². The number of urea groups is 1. The summed E-state index contributed by atoms with van der Waals surface area (Å²) in [6.07, 6.45) is 3.51. The van der Waals surface area contributed by atoms with Crippen LogP contribution in [0.3, 0.4) is 0 Å². The fourth-order valence-corrected chi connectivity index (χ4v) is 3.73. The van der Waals surface area contributed by atoms with E-state index in [1.54, 1.807) is 0 Å². The summed E-state index contributed by atoms with van der Waals surface area (Å²) in [4.78, 5) is 40.0. The second kappa shape index (κ2) is 9.52. The van der Waals surface area contributed by atoms with Gasteiger partial charge in [-0.2, -0.15) is 0 Å². The molecule has 0 saturated carbocycles. The van der Waals surface area contributed by atoms with Crippen molar-refractivity contribution in [3.8, 4) is 0 Å². The predicted octanol–water partition coefficient (Wildman–Crippen LogP) is 1.74. The molecule has 2 aliphatic heterocycles. The number of carbonyl (C=O) groups excluding carboxylic acids is 3. The van der Waals surface area contributed by atoms with Crippen molar-refractivity contribution in [3.05, 3.63) is 35.6 Å². The van der Waals surface area contributed by atoms with E-state index in [-0.39, 0.29) is 29.7 Å². The summed E-state index contributed by atoms with van der Waals surface area (Å²) in [6.45, 7) is 3.25. The van der Waals surface area contributed by atoms with Gasteiger partial charge in [0.15, 0.2) is 0 Å². The highest BCUT2D eigenvalue weighted by Crippen LogP contribution is 2.19. The molecule has 4 amide bonds. The topological polar surface area (TPSA) is 81.8 Å². The summed E-state index contributed by atoms with van der Waals surface area (Å²) >= 11 is 0. The van der Waals surface area contributed by atoms with Crippen LogP contribution in [0.15, 0.2) is 24.3 Å². The van der Waals surface area contributed by atoms with Gasteiger partial charge in [-0.1, -0.05) is 0 Å². The molecule has 3 rings (SSSR count). The van der Waals surface area contributed by atoms with E-state index in [1.165, 1.54) is 24.3 Å². The summed E-state index contributed by atoms with van der Waals surface area (Å²) in [6, 6.07) is 5.57. The van der Waals surface area contributed by atoms with E-state index in [9.17, 15) is 18.8 Å². The van der Waals surface area contributed by atoms with Crippen molar-refractivity contribution < 1.29 is 18.8 Å². The quantitative estimate of drug-likeness (QED) is 0.726. The number of carbonyl (C=O) groups is 3. The van der Waals surface area contributed by atoms with Crippen LogP contribution in [-0.4, -0.2) is 66.4 Å². The molecule has 0 atom stereocenters. The minimum absolute atomic E-state index is 0.00734. The maximum atomic E-state index is 12.9. The lowest BCUT2D eigenvalue weighted by atomic mass is 10.0. The summed E-state index contributed by atoms with van der Waals surface area (Å²) in [5.41, 5.74) is 0.400. The Kier molecular flexibility index (Phi) is 6.84. The number of amides is 4. The van der Waals surface area contributed by atoms with Crippen LogP contribution >= 0.6 is 0 Å². The smallest absolute Gasteiger partial charge is 0.317 e. The van der Waals surface area contributed by atoms with Crippen molar-refractivity contribution in [1.29, 1.82) is 0 Å². The van der Waals surface area contributed by atoms with Gasteiger partial charge in [-0.25, -0.2) is 9.18 Å². The van der Waals surface area contributed by atoms with Crippen molar-refractivity contribution in [1.82, 2.24) is 20.4 Å². The third-order valence-electron chi connectivity index (χ3n) is 5.33. The molecule has 0 bridgehead atoms. The fraction of sp³-hybridized carbons (Fsp3) is 0.550. The van der Waals surface area contributed by atoms with Gasteiger partial charge in [0.25, 0.3) is 5.91 Å². The van der Waals surface area contributed by atoms with Gasteiger partial charge in [-0.15, -0.1) is 0 Å². The molecule has 1 aromatic rings. The van der Waals surface area contributed by atoms with Crippen LogP contribution in [0.2, 0.25) is 0 Å². The van der Waals surface area contributed by atoms with Gasteiger partial charge >= 0.3 is 6.03 Å². The minimum Gasteiger partial charge on any atom is -0.352 e. The van der Waals surface area contributed by atoms with Crippen LogP contribution in [0.4, 0.5) is 9.18 Å². The molecular formula is C20H27FN4O3. The van der Waals surface area contributed by atoms with Gasteiger partial charge in [-0.3, -0.25) is 9.59 Å². The zero-order chi connectivity index (χ0) is 19.9. The lowest BCUT2D eigenvalue weighted by Crippen LogP contribution is -2.54. The predicted molar refractivity (Wildman–Crippen MR) is 102 cm³/mol. The summed E-state index contributed by atoms with van der Waals surface area (Å²) in [5.74, 6) is -0.572. The van der Waals surface area contributed by atoms with Gasteiger partial charge in [0, 0.05) is 50.7 Å². The highest BCUT2D eigenvalue weighted by Gasteiger charge is 2.30. The van der Waals surface area contributed by atoms with Crippen molar-refractivity contribution in [3.63, 3.8) is 0 Å². The zero-order valence-electron chi connectivity index (χ0n) is 16.0. The van der Waals surface area contributed by atoms with Gasteiger partial charge in [0.05, 0.1) is 0 Å². The normalized spacial score (nSPS) is 18.0. The molecule has 8 heteroatoms. The summed E-state index contributed by atoms with van der Waals surface area (Å²) in [7, 11) is 0.